The quantitative estimate of drug-likeness (QED) is 0.163. The lowest BCUT2D eigenvalue weighted by Gasteiger charge is -2.09. The maximum Gasteiger partial charge on any atom is 0.200 e. The number of methoxy groups -OCH3 is 2. The first-order valence-corrected chi connectivity index (χ1v) is 9.19. The van der Waals surface area contributed by atoms with E-state index in [4.69, 9.17) is 9.47 Å². The molecule has 0 heterocycles. The third kappa shape index (κ3) is 6.11. The van der Waals surface area contributed by atoms with Crippen LogP contribution < -0.4 is 0 Å². The fourth-order valence-electron chi connectivity index (χ4n) is 2.97. The predicted molar refractivity (Wildman–Crippen MR) is 102 cm³/mol. The number of ether oxygens (including phenoxy) is 2. The van der Waals surface area contributed by atoms with Gasteiger partial charge in [-0.2, -0.15) is 0 Å². The maximum atomic E-state index is 13.9. The van der Waals surface area contributed by atoms with Gasteiger partial charge in [-0.3, -0.25) is 0 Å². The fourth-order valence-corrected chi connectivity index (χ4v) is 2.97. The van der Waals surface area contributed by atoms with Crippen LogP contribution in [0.15, 0.2) is 18.2 Å². The monoisotopic (exact) mass is 414 g/mol. The summed E-state index contributed by atoms with van der Waals surface area (Å²) in [5, 5.41) is 0. The number of hydrogen-bond acceptors (Lipinski definition) is 2. The Bertz CT molecular complexity index is 808. The summed E-state index contributed by atoms with van der Waals surface area (Å²) in [5.41, 5.74) is 1.63. The maximum absolute atomic E-state index is 13.9. The molecule has 0 bridgehead atoms. The molecule has 0 aliphatic rings. The Balaban J connectivity index is 2.35. The smallest absolute Gasteiger partial charge is 0.200 e. The molecule has 2 nitrogen and oxygen atoms in total. The van der Waals surface area contributed by atoms with Crippen LogP contribution >= 0.6 is 0 Å². The van der Waals surface area contributed by atoms with Gasteiger partial charge >= 0.3 is 0 Å². The lowest BCUT2D eigenvalue weighted by atomic mass is 9.99. The van der Waals surface area contributed by atoms with Crippen molar-refractivity contribution in [2.75, 3.05) is 27.4 Å². The third-order valence-electron chi connectivity index (χ3n) is 4.39. The normalized spacial score (nSPS) is 11.6. The Morgan fingerprint density at radius 1 is 0.655 bits per heavy atom. The van der Waals surface area contributed by atoms with E-state index in [0.717, 1.165) is 42.9 Å². The Morgan fingerprint density at radius 2 is 1.10 bits per heavy atom. The van der Waals surface area contributed by atoms with E-state index < -0.39 is 34.6 Å². The second kappa shape index (κ2) is 11.1. The largest absolute Gasteiger partial charge is 0.385 e. The van der Waals surface area contributed by atoms with E-state index >= 15 is 0 Å². The molecule has 0 unspecified atom stereocenters. The van der Waals surface area contributed by atoms with E-state index in [2.05, 4.69) is 0 Å². The molecule has 0 saturated heterocycles. The summed E-state index contributed by atoms with van der Waals surface area (Å²) >= 11 is 0. The Labute approximate surface area is 167 Å². The Morgan fingerprint density at radius 3 is 1.55 bits per heavy atom. The highest BCUT2D eigenvalue weighted by Crippen LogP contribution is 2.25. The van der Waals surface area contributed by atoms with E-state index in [0.29, 0.717) is 18.8 Å². The van der Waals surface area contributed by atoms with Gasteiger partial charge in [0.25, 0.3) is 0 Å². The Hall–Kier alpha value is -2.25. The van der Waals surface area contributed by atoms with Crippen molar-refractivity contribution in [3.8, 4) is 0 Å². The van der Waals surface area contributed by atoms with Crippen molar-refractivity contribution in [1.29, 1.82) is 0 Å². The van der Waals surface area contributed by atoms with Gasteiger partial charge in [0, 0.05) is 27.4 Å². The van der Waals surface area contributed by atoms with Gasteiger partial charge < -0.3 is 9.47 Å². The van der Waals surface area contributed by atoms with E-state index in [1.807, 2.05) is 18.2 Å². The van der Waals surface area contributed by atoms with Gasteiger partial charge in [-0.15, -0.1) is 0 Å². The second-order valence-corrected chi connectivity index (χ2v) is 6.59. The predicted octanol–water partition coefficient (Wildman–Crippen LogP) is 5.71. The summed E-state index contributed by atoms with van der Waals surface area (Å²) in [4.78, 5) is 0. The third-order valence-corrected chi connectivity index (χ3v) is 4.39. The molecule has 0 aromatic heterocycles. The summed E-state index contributed by atoms with van der Waals surface area (Å²) in [6.07, 6.45) is 5.30. The van der Waals surface area contributed by atoms with Gasteiger partial charge in [0.15, 0.2) is 23.3 Å². The van der Waals surface area contributed by atoms with Crippen molar-refractivity contribution in [3.63, 3.8) is 0 Å². The van der Waals surface area contributed by atoms with Crippen LogP contribution in [0.3, 0.4) is 0 Å². The van der Waals surface area contributed by atoms with Crippen LogP contribution in [-0.2, 0) is 22.3 Å². The van der Waals surface area contributed by atoms with Gasteiger partial charge in [0.05, 0.1) is 5.56 Å². The number of benzene rings is 2. The lowest BCUT2D eigenvalue weighted by molar-refractivity contribution is 0.195. The van der Waals surface area contributed by atoms with Crippen LogP contribution in [0.1, 0.15) is 35.1 Å². The average molecular weight is 414 g/mol. The minimum Gasteiger partial charge on any atom is -0.385 e. The molecule has 0 aliphatic carbocycles. The lowest BCUT2D eigenvalue weighted by Crippen LogP contribution is -2.03. The van der Waals surface area contributed by atoms with E-state index in [-0.39, 0.29) is 0 Å². The molecular formula is C22H23F5O2. The van der Waals surface area contributed by atoms with E-state index in [9.17, 15) is 22.0 Å². The second-order valence-electron chi connectivity index (χ2n) is 6.59. The van der Waals surface area contributed by atoms with Crippen molar-refractivity contribution in [1.82, 2.24) is 0 Å². The molecule has 29 heavy (non-hydrogen) atoms. The van der Waals surface area contributed by atoms with Crippen molar-refractivity contribution < 1.29 is 31.4 Å². The van der Waals surface area contributed by atoms with Gasteiger partial charge in [0.2, 0.25) is 5.82 Å². The molecule has 7 heteroatoms. The highest BCUT2D eigenvalue weighted by Gasteiger charge is 2.24. The number of aryl methyl sites for hydroxylation is 2. The van der Waals surface area contributed by atoms with Gasteiger partial charge in [-0.1, -0.05) is 24.3 Å². The average Bonchev–Trinajstić information content (AvgIpc) is 2.71. The summed E-state index contributed by atoms with van der Waals surface area (Å²) < 4.78 is 77.8. The summed E-state index contributed by atoms with van der Waals surface area (Å²) in [6, 6.07) is 5.66. The molecule has 0 amide bonds. The van der Waals surface area contributed by atoms with Crippen molar-refractivity contribution in [2.45, 2.75) is 25.7 Å². The molecule has 2 aromatic rings. The minimum atomic E-state index is -2.17. The van der Waals surface area contributed by atoms with Crippen LogP contribution in [0.5, 0.6) is 0 Å². The zero-order chi connectivity index (χ0) is 21.4. The molecule has 0 aliphatic heterocycles. The first-order valence-electron chi connectivity index (χ1n) is 9.19. The molecule has 0 spiro atoms. The number of rotatable bonds is 10. The van der Waals surface area contributed by atoms with Gasteiger partial charge in [0.1, 0.15) is 0 Å². The molecule has 0 radical (unpaired) electrons. The first kappa shape index (κ1) is 23.0. The number of hydrogen-bond donors (Lipinski definition) is 0. The van der Waals surface area contributed by atoms with Crippen molar-refractivity contribution in [2.24, 2.45) is 0 Å². The molecule has 0 N–H and O–H groups in total. The van der Waals surface area contributed by atoms with E-state index in [1.54, 1.807) is 14.2 Å². The standard InChI is InChI=1S/C22H23F5O2/c1-28-9-3-5-14-11-15(6-4-10-29-2)13-16(12-14)7-8-17-18(23)20(25)22(27)21(26)19(17)24/h7-8,11-13H,3-6,9-10H2,1-2H3. The molecular weight excluding hydrogens is 391 g/mol. The number of halogens is 5. The zero-order valence-electron chi connectivity index (χ0n) is 16.3. The molecule has 2 aromatic carbocycles. The van der Waals surface area contributed by atoms with Gasteiger partial charge in [-0.05, 0) is 48.4 Å². The van der Waals surface area contributed by atoms with Crippen LogP contribution in [0.2, 0.25) is 0 Å². The SMILES string of the molecule is COCCCc1cc(C=Cc2c(F)c(F)c(F)c(F)c2F)cc(CCCOC)c1. The highest BCUT2D eigenvalue weighted by atomic mass is 19.2. The van der Waals surface area contributed by atoms with Crippen LogP contribution in [0.4, 0.5) is 22.0 Å². The van der Waals surface area contributed by atoms with Crippen LogP contribution in [-0.4, -0.2) is 27.4 Å². The Kier molecular flexibility index (Phi) is 8.79. The topological polar surface area (TPSA) is 18.5 Å². The fraction of sp³-hybridized carbons (Fsp3) is 0.364. The highest BCUT2D eigenvalue weighted by molar-refractivity contribution is 5.71. The van der Waals surface area contributed by atoms with Crippen LogP contribution in [0, 0.1) is 29.1 Å². The summed E-state index contributed by atoms with van der Waals surface area (Å²) in [6.45, 7) is 1.17. The molecule has 2 rings (SSSR count). The summed E-state index contributed by atoms with van der Waals surface area (Å²) in [7, 11) is 3.22. The summed E-state index contributed by atoms with van der Waals surface area (Å²) in [5.74, 6) is -9.80. The van der Waals surface area contributed by atoms with Crippen molar-refractivity contribution in [3.05, 3.63) is 69.5 Å². The van der Waals surface area contributed by atoms with Crippen LogP contribution in [0.25, 0.3) is 12.2 Å². The van der Waals surface area contributed by atoms with E-state index in [1.165, 1.54) is 6.08 Å². The minimum absolute atomic E-state index is 0.587. The molecule has 0 saturated carbocycles. The molecule has 0 fully saturated rings. The first-order chi connectivity index (χ1) is 13.9. The zero-order valence-corrected chi connectivity index (χ0v) is 16.3. The molecule has 158 valence electrons. The van der Waals surface area contributed by atoms with Gasteiger partial charge in [-0.25, -0.2) is 22.0 Å². The van der Waals surface area contributed by atoms with Crippen molar-refractivity contribution >= 4 is 12.2 Å². The molecule has 0 atom stereocenters.